The predicted molar refractivity (Wildman–Crippen MR) is 65.7 cm³/mol. The van der Waals surface area contributed by atoms with Crippen LogP contribution in [-0.2, 0) is 10.0 Å². The monoisotopic (exact) mass is 250 g/mol. The zero-order chi connectivity index (χ0) is 12.3. The molecule has 0 aliphatic heterocycles. The summed E-state index contributed by atoms with van der Waals surface area (Å²) < 4.78 is 26.3. The van der Waals surface area contributed by atoms with E-state index in [0.29, 0.717) is 6.54 Å². The molecule has 90 valence electrons. The molecule has 0 heterocycles. The summed E-state index contributed by atoms with van der Waals surface area (Å²) in [6.07, 6.45) is 1.86. The lowest BCUT2D eigenvalue weighted by molar-refractivity contribution is 0.581. The zero-order valence-corrected chi connectivity index (χ0v) is 10.1. The van der Waals surface area contributed by atoms with Gasteiger partial charge in [0.2, 0.25) is 10.0 Å². The summed E-state index contributed by atoms with van der Waals surface area (Å²) in [5.41, 5.74) is 6.02. The average molecular weight is 250 g/mol. The topological polar surface area (TPSA) is 72.2 Å². The molecule has 5 heteroatoms. The van der Waals surface area contributed by atoms with Gasteiger partial charge in [-0.05, 0) is 37.1 Å². The number of benzene rings is 1. The maximum Gasteiger partial charge on any atom is 0.240 e. The summed E-state index contributed by atoms with van der Waals surface area (Å²) in [7, 11) is -3.36. The molecule has 1 saturated carbocycles. The summed E-state index contributed by atoms with van der Waals surface area (Å²) in [6, 6.07) is 6.61. The lowest BCUT2D eigenvalue weighted by Gasteiger charge is -2.04. The first-order chi connectivity index (χ1) is 8.12. The Morgan fingerprint density at radius 1 is 1.29 bits per heavy atom. The van der Waals surface area contributed by atoms with Crippen molar-refractivity contribution in [1.29, 1.82) is 0 Å². The van der Waals surface area contributed by atoms with Gasteiger partial charge in [-0.1, -0.05) is 11.8 Å². The fraction of sp³-hybridized carbons (Fsp3) is 0.333. The van der Waals surface area contributed by atoms with Crippen LogP contribution in [-0.4, -0.2) is 21.0 Å². The molecule has 3 N–H and O–H groups in total. The molecule has 0 saturated heterocycles. The van der Waals surface area contributed by atoms with Crippen molar-refractivity contribution in [1.82, 2.24) is 4.72 Å². The lowest BCUT2D eigenvalue weighted by atomic mass is 10.2. The Hall–Kier alpha value is -1.35. The average Bonchev–Trinajstić information content (AvgIpc) is 3.10. The second kappa shape index (κ2) is 4.88. The number of sulfonamides is 1. The highest BCUT2D eigenvalue weighted by Gasteiger charge is 2.27. The number of nitrogens with two attached hydrogens (primary N) is 1. The molecule has 0 unspecified atom stereocenters. The Morgan fingerprint density at radius 3 is 2.47 bits per heavy atom. The third-order valence-electron chi connectivity index (χ3n) is 2.40. The molecule has 1 aliphatic carbocycles. The summed E-state index contributed by atoms with van der Waals surface area (Å²) in [5.74, 6) is 5.56. The summed E-state index contributed by atoms with van der Waals surface area (Å²) in [4.78, 5) is 0.280. The van der Waals surface area contributed by atoms with Crippen LogP contribution >= 0.6 is 0 Å². The second-order valence-electron chi connectivity index (χ2n) is 3.93. The van der Waals surface area contributed by atoms with Crippen molar-refractivity contribution in [3.05, 3.63) is 29.8 Å². The molecule has 1 aromatic rings. The van der Waals surface area contributed by atoms with Gasteiger partial charge in [0.05, 0.1) is 11.4 Å². The van der Waals surface area contributed by atoms with Crippen molar-refractivity contribution in [3.63, 3.8) is 0 Å². The Morgan fingerprint density at radius 2 is 1.94 bits per heavy atom. The van der Waals surface area contributed by atoms with E-state index in [1.807, 2.05) is 0 Å². The molecular weight excluding hydrogens is 236 g/mol. The smallest absolute Gasteiger partial charge is 0.240 e. The number of nitrogens with one attached hydrogen (secondary N) is 1. The first-order valence-corrected chi connectivity index (χ1v) is 6.91. The molecule has 0 atom stereocenters. The minimum absolute atomic E-state index is 0.122. The van der Waals surface area contributed by atoms with Gasteiger partial charge in [-0.15, -0.1) is 0 Å². The van der Waals surface area contributed by atoms with E-state index in [2.05, 4.69) is 16.6 Å². The van der Waals surface area contributed by atoms with Crippen LogP contribution in [0.4, 0.5) is 0 Å². The largest absolute Gasteiger partial charge is 0.320 e. The van der Waals surface area contributed by atoms with Crippen LogP contribution < -0.4 is 10.5 Å². The van der Waals surface area contributed by atoms with E-state index in [9.17, 15) is 8.42 Å². The van der Waals surface area contributed by atoms with Gasteiger partial charge < -0.3 is 5.73 Å². The van der Waals surface area contributed by atoms with Crippen molar-refractivity contribution < 1.29 is 8.42 Å². The van der Waals surface area contributed by atoms with Gasteiger partial charge >= 0.3 is 0 Å². The van der Waals surface area contributed by atoms with Gasteiger partial charge in [0.15, 0.2) is 0 Å². The van der Waals surface area contributed by atoms with Gasteiger partial charge in [-0.2, -0.15) is 0 Å². The molecule has 17 heavy (non-hydrogen) atoms. The molecule has 0 aromatic heterocycles. The molecule has 0 amide bonds. The van der Waals surface area contributed by atoms with Crippen molar-refractivity contribution in [2.75, 3.05) is 6.54 Å². The van der Waals surface area contributed by atoms with E-state index in [1.54, 1.807) is 24.3 Å². The molecule has 1 fully saturated rings. The third kappa shape index (κ3) is 3.30. The van der Waals surface area contributed by atoms with Gasteiger partial charge in [0.25, 0.3) is 0 Å². The fourth-order valence-corrected chi connectivity index (χ4v) is 2.66. The maximum atomic E-state index is 11.8. The van der Waals surface area contributed by atoms with E-state index in [0.717, 1.165) is 18.4 Å². The molecule has 0 bridgehead atoms. The summed E-state index contributed by atoms with van der Waals surface area (Å²) in [5, 5.41) is 0. The summed E-state index contributed by atoms with van der Waals surface area (Å²) in [6.45, 7) is 0.295. The standard InChI is InChI=1S/C12H14N2O2S/c13-9-1-2-10-3-7-12(8-4-10)17(15,16)14-11-5-6-11/h3-4,7-8,11,14H,5-6,9,13H2. The van der Waals surface area contributed by atoms with Crippen LogP contribution in [0.5, 0.6) is 0 Å². The lowest BCUT2D eigenvalue weighted by Crippen LogP contribution is -2.25. The highest BCUT2D eigenvalue weighted by atomic mass is 32.2. The van der Waals surface area contributed by atoms with Crippen LogP contribution in [0.1, 0.15) is 18.4 Å². The molecule has 0 radical (unpaired) electrons. The third-order valence-corrected chi connectivity index (χ3v) is 3.93. The number of hydrogen-bond acceptors (Lipinski definition) is 3. The van der Waals surface area contributed by atoms with Gasteiger partial charge in [0.1, 0.15) is 0 Å². The predicted octanol–water partition coefficient (Wildman–Crippen LogP) is 0.437. The van der Waals surface area contributed by atoms with E-state index in [1.165, 1.54) is 0 Å². The van der Waals surface area contributed by atoms with Gasteiger partial charge in [-0.3, -0.25) is 0 Å². The van der Waals surface area contributed by atoms with Crippen LogP contribution in [0.15, 0.2) is 29.2 Å². The van der Waals surface area contributed by atoms with Crippen LogP contribution in [0, 0.1) is 11.8 Å². The van der Waals surface area contributed by atoms with E-state index < -0.39 is 10.0 Å². The highest BCUT2D eigenvalue weighted by molar-refractivity contribution is 7.89. The van der Waals surface area contributed by atoms with Crippen LogP contribution in [0.2, 0.25) is 0 Å². The minimum Gasteiger partial charge on any atom is -0.320 e. The van der Waals surface area contributed by atoms with Crippen LogP contribution in [0.25, 0.3) is 0 Å². The molecule has 1 aromatic carbocycles. The highest BCUT2D eigenvalue weighted by Crippen LogP contribution is 2.22. The maximum absolute atomic E-state index is 11.8. The zero-order valence-electron chi connectivity index (χ0n) is 9.31. The van der Waals surface area contributed by atoms with Crippen LogP contribution in [0.3, 0.4) is 0 Å². The van der Waals surface area contributed by atoms with E-state index >= 15 is 0 Å². The second-order valence-corrected chi connectivity index (χ2v) is 5.64. The fourth-order valence-electron chi connectivity index (χ4n) is 1.36. The summed E-state index contributed by atoms with van der Waals surface area (Å²) >= 11 is 0. The Bertz CT molecular complexity index is 548. The van der Waals surface area contributed by atoms with Gasteiger partial charge in [-0.25, -0.2) is 13.1 Å². The molecule has 0 spiro atoms. The molecular formula is C12H14N2O2S. The minimum atomic E-state index is -3.36. The Balaban J connectivity index is 2.16. The van der Waals surface area contributed by atoms with Gasteiger partial charge in [0, 0.05) is 11.6 Å². The quantitative estimate of drug-likeness (QED) is 0.764. The first kappa shape index (κ1) is 12.1. The van der Waals surface area contributed by atoms with Crippen molar-refractivity contribution in [2.24, 2.45) is 5.73 Å². The van der Waals surface area contributed by atoms with Crippen molar-refractivity contribution in [3.8, 4) is 11.8 Å². The first-order valence-electron chi connectivity index (χ1n) is 5.43. The Kier molecular flexibility index (Phi) is 3.48. The van der Waals surface area contributed by atoms with Crippen molar-refractivity contribution >= 4 is 10.0 Å². The van der Waals surface area contributed by atoms with E-state index in [4.69, 9.17) is 5.73 Å². The molecule has 4 nitrogen and oxygen atoms in total. The number of hydrogen-bond donors (Lipinski definition) is 2. The van der Waals surface area contributed by atoms with E-state index in [-0.39, 0.29) is 10.9 Å². The Labute approximate surface area is 101 Å². The molecule has 2 rings (SSSR count). The SMILES string of the molecule is NCC#Cc1ccc(S(=O)(=O)NC2CC2)cc1. The van der Waals surface area contributed by atoms with Crippen molar-refractivity contribution in [2.45, 2.75) is 23.8 Å². The normalized spacial score (nSPS) is 15.1. The number of rotatable bonds is 3. The molecule has 1 aliphatic rings.